The fourth-order valence-corrected chi connectivity index (χ4v) is 1.60. The van der Waals surface area contributed by atoms with E-state index in [0.717, 1.165) is 17.5 Å². The summed E-state index contributed by atoms with van der Waals surface area (Å²) in [6, 6.07) is 3.65. The average Bonchev–Trinajstić information content (AvgIpc) is 2.29. The molecule has 0 spiro atoms. The summed E-state index contributed by atoms with van der Waals surface area (Å²) in [7, 11) is 0. The molecule has 1 aromatic carbocycles. The van der Waals surface area contributed by atoms with E-state index in [0.29, 0.717) is 24.2 Å². The SMILES string of the molecule is C#CCCCNC(=O)c1cc(N)c(C)cc1C. The number of amides is 1. The molecule has 0 saturated carbocycles. The van der Waals surface area contributed by atoms with Crippen LogP contribution in [-0.4, -0.2) is 12.5 Å². The molecule has 0 aliphatic heterocycles. The molecule has 0 saturated heterocycles. The molecule has 3 nitrogen and oxygen atoms in total. The van der Waals surface area contributed by atoms with Crippen molar-refractivity contribution >= 4 is 11.6 Å². The molecule has 0 bridgehead atoms. The fraction of sp³-hybridized carbons (Fsp3) is 0.357. The first-order chi connectivity index (χ1) is 8.06. The zero-order valence-electron chi connectivity index (χ0n) is 10.3. The molecule has 3 heteroatoms. The third-order valence-corrected chi connectivity index (χ3v) is 2.64. The number of nitrogens with two attached hydrogens (primary N) is 1. The molecule has 0 aromatic heterocycles. The number of carbonyl (C=O) groups excluding carboxylic acids is 1. The Morgan fingerprint density at radius 2 is 2.12 bits per heavy atom. The van der Waals surface area contributed by atoms with Crippen LogP contribution in [0.5, 0.6) is 0 Å². The molecular weight excluding hydrogens is 212 g/mol. The van der Waals surface area contributed by atoms with Gasteiger partial charge in [0.05, 0.1) is 0 Å². The van der Waals surface area contributed by atoms with Crippen molar-refractivity contribution in [2.45, 2.75) is 26.7 Å². The van der Waals surface area contributed by atoms with E-state index < -0.39 is 0 Å². The number of nitrogens with one attached hydrogen (secondary N) is 1. The molecule has 0 unspecified atom stereocenters. The number of hydrogen-bond donors (Lipinski definition) is 2. The van der Waals surface area contributed by atoms with E-state index in [9.17, 15) is 4.79 Å². The van der Waals surface area contributed by atoms with Gasteiger partial charge in [0, 0.05) is 24.2 Å². The number of carbonyl (C=O) groups is 1. The van der Waals surface area contributed by atoms with E-state index in [2.05, 4.69) is 11.2 Å². The second-order valence-corrected chi connectivity index (χ2v) is 4.09. The third kappa shape index (κ3) is 3.53. The smallest absolute Gasteiger partial charge is 0.251 e. The molecule has 0 aliphatic rings. The Morgan fingerprint density at radius 3 is 2.76 bits per heavy atom. The van der Waals surface area contributed by atoms with Crippen LogP contribution in [0.3, 0.4) is 0 Å². The van der Waals surface area contributed by atoms with Gasteiger partial charge >= 0.3 is 0 Å². The molecule has 0 radical (unpaired) electrons. The van der Waals surface area contributed by atoms with Gasteiger partial charge in [-0.15, -0.1) is 12.3 Å². The lowest BCUT2D eigenvalue weighted by Gasteiger charge is -2.09. The molecule has 1 aromatic rings. The van der Waals surface area contributed by atoms with Crippen molar-refractivity contribution < 1.29 is 4.79 Å². The van der Waals surface area contributed by atoms with Gasteiger partial charge in [0.25, 0.3) is 5.91 Å². The van der Waals surface area contributed by atoms with Gasteiger partial charge in [-0.3, -0.25) is 4.79 Å². The van der Waals surface area contributed by atoms with E-state index in [1.807, 2.05) is 19.9 Å². The molecule has 3 N–H and O–H groups in total. The summed E-state index contributed by atoms with van der Waals surface area (Å²) in [5.74, 6) is 2.45. The first kappa shape index (κ1) is 13.1. The number of rotatable bonds is 4. The van der Waals surface area contributed by atoms with E-state index in [1.54, 1.807) is 6.07 Å². The first-order valence-electron chi connectivity index (χ1n) is 5.64. The Bertz CT molecular complexity index is 458. The number of nitrogen functional groups attached to an aromatic ring is 1. The lowest BCUT2D eigenvalue weighted by Crippen LogP contribution is -2.25. The normalized spacial score (nSPS) is 9.71. The van der Waals surface area contributed by atoms with Gasteiger partial charge in [-0.25, -0.2) is 0 Å². The predicted molar refractivity (Wildman–Crippen MR) is 70.7 cm³/mol. The number of terminal acetylenes is 1. The fourth-order valence-electron chi connectivity index (χ4n) is 1.60. The maximum atomic E-state index is 11.9. The minimum absolute atomic E-state index is 0.0915. The highest BCUT2D eigenvalue weighted by Gasteiger charge is 2.09. The Morgan fingerprint density at radius 1 is 1.41 bits per heavy atom. The van der Waals surface area contributed by atoms with Crippen molar-refractivity contribution in [3.05, 3.63) is 28.8 Å². The summed E-state index contributed by atoms with van der Waals surface area (Å²) in [6.45, 7) is 4.43. The molecular formula is C14H18N2O. The van der Waals surface area contributed by atoms with Gasteiger partial charge in [0.1, 0.15) is 0 Å². The minimum Gasteiger partial charge on any atom is -0.398 e. The second kappa shape index (κ2) is 5.95. The molecule has 90 valence electrons. The van der Waals surface area contributed by atoms with Crippen molar-refractivity contribution in [1.82, 2.24) is 5.32 Å². The van der Waals surface area contributed by atoms with Gasteiger partial charge < -0.3 is 11.1 Å². The van der Waals surface area contributed by atoms with Gasteiger partial charge in [-0.05, 0) is 37.5 Å². The average molecular weight is 230 g/mol. The number of hydrogen-bond acceptors (Lipinski definition) is 2. The first-order valence-corrected chi connectivity index (χ1v) is 5.64. The largest absolute Gasteiger partial charge is 0.398 e. The maximum absolute atomic E-state index is 11.9. The topological polar surface area (TPSA) is 55.1 Å². The molecule has 0 fully saturated rings. The summed E-state index contributed by atoms with van der Waals surface area (Å²) in [5, 5.41) is 2.83. The molecule has 0 atom stereocenters. The molecule has 0 aliphatic carbocycles. The third-order valence-electron chi connectivity index (χ3n) is 2.64. The monoisotopic (exact) mass is 230 g/mol. The Balaban J connectivity index is 2.70. The van der Waals surface area contributed by atoms with Crippen LogP contribution < -0.4 is 11.1 Å². The Hall–Kier alpha value is -1.95. The highest BCUT2D eigenvalue weighted by Crippen LogP contribution is 2.17. The number of benzene rings is 1. The van der Waals surface area contributed by atoms with Gasteiger partial charge in [-0.2, -0.15) is 0 Å². The minimum atomic E-state index is -0.0915. The number of aryl methyl sites for hydroxylation is 2. The lowest BCUT2D eigenvalue weighted by atomic mass is 10.0. The van der Waals surface area contributed by atoms with Crippen molar-refractivity contribution in [2.24, 2.45) is 0 Å². The quantitative estimate of drug-likeness (QED) is 0.472. The van der Waals surface area contributed by atoms with Crippen LogP contribution in [-0.2, 0) is 0 Å². The number of anilines is 1. The highest BCUT2D eigenvalue weighted by atomic mass is 16.1. The zero-order valence-corrected chi connectivity index (χ0v) is 10.3. The van der Waals surface area contributed by atoms with E-state index in [1.165, 1.54) is 0 Å². The molecule has 17 heavy (non-hydrogen) atoms. The van der Waals surface area contributed by atoms with Gasteiger partial charge in [0.15, 0.2) is 0 Å². The van der Waals surface area contributed by atoms with Crippen molar-refractivity contribution in [2.75, 3.05) is 12.3 Å². The molecule has 1 amide bonds. The Kier molecular flexibility index (Phi) is 4.59. The van der Waals surface area contributed by atoms with E-state index in [4.69, 9.17) is 12.2 Å². The summed E-state index contributed by atoms with van der Waals surface area (Å²) in [6.07, 6.45) is 6.61. The van der Waals surface area contributed by atoms with Crippen molar-refractivity contribution in [3.8, 4) is 12.3 Å². The van der Waals surface area contributed by atoms with Crippen LogP contribution >= 0.6 is 0 Å². The summed E-state index contributed by atoms with van der Waals surface area (Å²) >= 11 is 0. The standard InChI is InChI=1S/C14H18N2O/c1-4-5-6-7-16-14(17)12-9-13(15)11(3)8-10(12)2/h1,8-9H,5-7,15H2,2-3H3,(H,16,17). The zero-order chi connectivity index (χ0) is 12.8. The van der Waals surface area contributed by atoms with Crippen molar-refractivity contribution in [1.29, 1.82) is 0 Å². The van der Waals surface area contributed by atoms with E-state index in [-0.39, 0.29) is 5.91 Å². The lowest BCUT2D eigenvalue weighted by molar-refractivity contribution is 0.0953. The van der Waals surface area contributed by atoms with Gasteiger partial charge in [-0.1, -0.05) is 6.07 Å². The summed E-state index contributed by atoms with van der Waals surface area (Å²) in [5.41, 5.74) is 9.00. The summed E-state index contributed by atoms with van der Waals surface area (Å²) < 4.78 is 0. The highest BCUT2D eigenvalue weighted by molar-refractivity contribution is 5.96. The van der Waals surface area contributed by atoms with Crippen LogP contribution in [0.4, 0.5) is 5.69 Å². The van der Waals surface area contributed by atoms with E-state index >= 15 is 0 Å². The molecule has 0 heterocycles. The van der Waals surface area contributed by atoms with Crippen LogP contribution in [0.1, 0.15) is 34.3 Å². The van der Waals surface area contributed by atoms with Crippen LogP contribution in [0.15, 0.2) is 12.1 Å². The van der Waals surface area contributed by atoms with Crippen LogP contribution in [0.25, 0.3) is 0 Å². The Labute approximate surface area is 102 Å². The molecule has 1 rings (SSSR count). The van der Waals surface area contributed by atoms with Crippen LogP contribution in [0, 0.1) is 26.2 Å². The van der Waals surface area contributed by atoms with Crippen molar-refractivity contribution in [3.63, 3.8) is 0 Å². The summed E-state index contributed by atoms with van der Waals surface area (Å²) in [4.78, 5) is 11.9. The maximum Gasteiger partial charge on any atom is 0.251 e. The van der Waals surface area contributed by atoms with Crippen LogP contribution in [0.2, 0.25) is 0 Å². The predicted octanol–water partition coefficient (Wildman–Crippen LogP) is 2.03. The number of unbranched alkanes of at least 4 members (excludes halogenated alkanes) is 1. The van der Waals surface area contributed by atoms with Gasteiger partial charge in [0.2, 0.25) is 0 Å². The second-order valence-electron chi connectivity index (χ2n) is 4.09.